The molecule has 0 spiro atoms. The molecular weight excluding hydrogens is 308 g/mol. The predicted octanol–water partition coefficient (Wildman–Crippen LogP) is 1.18. The number of carbonyl (C=O) groups excluding carboxylic acids is 1. The smallest absolute Gasteiger partial charge is 0.292 e. The van der Waals surface area contributed by atoms with Crippen LogP contribution in [0.3, 0.4) is 0 Å². The molecule has 1 aliphatic heterocycles. The fourth-order valence-corrected chi connectivity index (χ4v) is 2.61. The number of aryl methyl sites for hydroxylation is 2. The van der Waals surface area contributed by atoms with Crippen LogP contribution in [0.15, 0.2) is 35.3 Å². The quantitative estimate of drug-likeness (QED) is 0.915. The topological polar surface area (TPSA) is 76.5 Å². The molecule has 1 fully saturated rings. The Morgan fingerprint density at radius 3 is 2.54 bits per heavy atom. The van der Waals surface area contributed by atoms with E-state index in [1.54, 1.807) is 19.2 Å². The highest BCUT2D eigenvalue weighted by molar-refractivity contribution is 6.05. The van der Waals surface area contributed by atoms with Crippen LogP contribution in [-0.2, 0) is 11.8 Å². The lowest BCUT2D eigenvalue weighted by Gasteiger charge is -2.29. The van der Waals surface area contributed by atoms with Crippen molar-refractivity contribution in [3.05, 3.63) is 51.9 Å². The van der Waals surface area contributed by atoms with Crippen molar-refractivity contribution in [3.63, 3.8) is 0 Å². The molecule has 7 heteroatoms. The molecule has 0 atom stereocenters. The molecular formula is C17H20N4O3. The maximum absolute atomic E-state index is 12.5. The summed E-state index contributed by atoms with van der Waals surface area (Å²) < 4.78 is 6.61. The lowest BCUT2D eigenvalue weighted by Crippen LogP contribution is -2.41. The monoisotopic (exact) mass is 328 g/mol. The van der Waals surface area contributed by atoms with Gasteiger partial charge in [-0.3, -0.25) is 9.59 Å². The summed E-state index contributed by atoms with van der Waals surface area (Å²) in [7, 11) is 1.60. The van der Waals surface area contributed by atoms with E-state index in [1.165, 1.54) is 10.9 Å². The van der Waals surface area contributed by atoms with E-state index < -0.39 is 0 Å². The second-order valence-corrected chi connectivity index (χ2v) is 5.76. The first-order valence-corrected chi connectivity index (χ1v) is 7.83. The molecule has 0 unspecified atom stereocenters. The van der Waals surface area contributed by atoms with Gasteiger partial charge >= 0.3 is 0 Å². The largest absolute Gasteiger partial charge is 0.378 e. The van der Waals surface area contributed by atoms with Gasteiger partial charge in [-0.25, -0.2) is 4.68 Å². The summed E-state index contributed by atoms with van der Waals surface area (Å²) in [6.07, 6.45) is 1.51. The molecule has 1 aromatic carbocycles. The molecule has 1 saturated heterocycles. The van der Waals surface area contributed by atoms with Crippen LogP contribution in [0.5, 0.6) is 0 Å². The zero-order valence-corrected chi connectivity index (χ0v) is 13.8. The Labute approximate surface area is 139 Å². The lowest BCUT2D eigenvalue weighted by molar-refractivity contribution is 0.102. The van der Waals surface area contributed by atoms with Crippen LogP contribution < -0.4 is 15.8 Å². The molecule has 1 amide bonds. The van der Waals surface area contributed by atoms with Gasteiger partial charge in [0.05, 0.1) is 25.1 Å². The number of ether oxygens (including phenoxy) is 1. The summed E-state index contributed by atoms with van der Waals surface area (Å²) in [6.45, 7) is 4.27. The van der Waals surface area contributed by atoms with Crippen molar-refractivity contribution in [2.75, 3.05) is 36.5 Å². The van der Waals surface area contributed by atoms with Gasteiger partial charge < -0.3 is 15.0 Å². The Balaban J connectivity index is 1.92. The van der Waals surface area contributed by atoms with Gasteiger partial charge in [-0.2, -0.15) is 5.10 Å². The fourth-order valence-electron chi connectivity index (χ4n) is 2.61. The van der Waals surface area contributed by atoms with Crippen LogP contribution in [0.1, 0.15) is 15.9 Å². The highest BCUT2D eigenvalue weighted by atomic mass is 16.5. The molecule has 1 aromatic heterocycles. The summed E-state index contributed by atoms with van der Waals surface area (Å²) in [5.74, 6) is -0.264. The van der Waals surface area contributed by atoms with Crippen LogP contribution in [0.25, 0.3) is 0 Å². The second kappa shape index (κ2) is 6.84. The van der Waals surface area contributed by atoms with E-state index in [0.717, 1.165) is 5.56 Å². The lowest BCUT2D eigenvalue weighted by atomic mass is 10.1. The fraction of sp³-hybridized carbons (Fsp3) is 0.353. The number of hydrogen-bond acceptors (Lipinski definition) is 5. The summed E-state index contributed by atoms with van der Waals surface area (Å²) in [6, 6.07) is 7.27. The molecule has 0 radical (unpaired) electrons. The van der Waals surface area contributed by atoms with Crippen molar-refractivity contribution in [1.82, 2.24) is 9.78 Å². The number of amides is 1. The van der Waals surface area contributed by atoms with Crippen molar-refractivity contribution in [2.45, 2.75) is 6.92 Å². The Bertz CT molecular complexity index is 792. The molecule has 126 valence electrons. The minimum atomic E-state index is -0.264. The second-order valence-electron chi connectivity index (χ2n) is 5.76. The number of nitrogens with zero attached hydrogens (tertiary/aromatic N) is 3. The highest BCUT2D eigenvalue weighted by Gasteiger charge is 2.21. The Kier molecular flexibility index (Phi) is 4.61. The van der Waals surface area contributed by atoms with E-state index in [0.29, 0.717) is 43.2 Å². The molecule has 2 aromatic rings. The van der Waals surface area contributed by atoms with Gasteiger partial charge in [0.2, 0.25) is 0 Å². The third-order valence-corrected chi connectivity index (χ3v) is 4.00. The minimum Gasteiger partial charge on any atom is -0.378 e. The molecule has 3 rings (SSSR count). The third-order valence-electron chi connectivity index (χ3n) is 4.00. The molecule has 1 aliphatic rings. The summed E-state index contributed by atoms with van der Waals surface area (Å²) in [5.41, 5.74) is 2.26. The van der Waals surface area contributed by atoms with Gasteiger partial charge in [0, 0.05) is 25.7 Å². The Morgan fingerprint density at radius 1 is 1.21 bits per heavy atom. The van der Waals surface area contributed by atoms with Crippen molar-refractivity contribution >= 4 is 17.3 Å². The van der Waals surface area contributed by atoms with Crippen LogP contribution in [-0.4, -0.2) is 42.0 Å². The number of morpholine rings is 1. The Hall–Kier alpha value is -2.67. The minimum absolute atomic E-state index is 0.237. The third kappa shape index (κ3) is 3.30. The highest BCUT2D eigenvalue weighted by Crippen LogP contribution is 2.22. The number of rotatable bonds is 3. The number of aromatic nitrogens is 2. The van der Waals surface area contributed by atoms with E-state index in [2.05, 4.69) is 10.4 Å². The van der Waals surface area contributed by atoms with Crippen molar-refractivity contribution in [2.24, 2.45) is 7.05 Å². The molecule has 7 nitrogen and oxygen atoms in total. The Morgan fingerprint density at radius 2 is 1.88 bits per heavy atom. The SMILES string of the molecule is Cc1ccc(C(=O)Nc2cnn(C)c(=O)c2N2CCOCC2)cc1. The van der Waals surface area contributed by atoms with Crippen LogP contribution in [0.4, 0.5) is 11.4 Å². The van der Waals surface area contributed by atoms with Gasteiger partial charge in [-0.1, -0.05) is 17.7 Å². The van der Waals surface area contributed by atoms with E-state index in [9.17, 15) is 9.59 Å². The van der Waals surface area contributed by atoms with Crippen molar-refractivity contribution < 1.29 is 9.53 Å². The summed E-state index contributed by atoms with van der Waals surface area (Å²) in [5, 5.41) is 6.84. The average Bonchev–Trinajstić information content (AvgIpc) is 2.60. The predicted molar refractivity (Wildman–Crippen MR) is 91.6 cm³/mol. The molecule has 2 heterocycles. The van der Waals surface area contributed by atoms with Gasteiger partial charge in [-0.15, -0.1) is 0 Å². The standard InChI is InChI=1S/C17H20N4O3/c1-12-3-5-13(6-4-12)16(22)19-14-11-18-20(2)17(23)15(14)21-7-9-24-10-8-21/h3-6,11H,7-10H2,1-2H3,(H,19,22). The molecule has 24 heavy (non-hydrogen) atoms. The maximum atomic E-state index is 12.5. The summed E-state index contributed by atoms with van der Waals surface area (Å²) in [4.78, 5) is 26.9. The number of carbonyl (C=O) groups is 1. The first-order valence-electron chi connectivity index (χ1n) is 7.83. The zero-order chi connectivity index (χ0) is 17.1. The van der Waals surface area contributed by atoms with Crippen molar-refractivity contribution in [3.8, 4) is 0 Å². The van der Waals surface area contributed by atoms with Crippen LogP contribution in [0, 0.1) is 6.92 Å². The van der Waals surface area contributed by atoms with Gasteiger partial charge in [0.1, 0.15) is 5.69 Å². The van der Waals surface area contributed by atoms with Gasteiger partial charge in [-0.05, 0) is 19.1 Å². The number of benzene rings is 1. The first-order chi connectivity index (χ1) is 11.6. The van der Waals surface area contributed by atoms with Gasteiger partial charge in [0.25, 0.3) is 11.5 Å². The van der Waals surface area contributed by atoms with E-state index in [4.69, 9.17) is 4.74 Å². The molecule has 0 saturated carbocycles. The molecule has 1 N–H and O–H groups in total. The van der Waals surface area contributed by atoms with Crippen molar-refractivity contribution in [1.29, 1.82) is 0 Å². The molecule has 0 aliphatic carbocycles. The van der Waals surface area contributed by atoms with E-state index in [1.807, 2.05) is 24.0 Å². The van der Waals surface area contributed by atoms with Crippen LogP contribution >= 0.6 is 0 Å². The van der Waals surface area contributed by atoms with Gasteiger partial charge in [0.15, 0.2) is 0 Å². The van der Waals surface area contributed by atoms with E-state index in [-0.39, 0.29) is 11.5 Å². The maximum Gasteiger partial charge on any atom is 0.292 e. The summed E-state index contributed by atoms with van der Waals surface area (Å²) >= 11 is 0. The number of anilines is 2. The van der Waals surface area contributed by atoms with E-state index >= 15 is 0 Å². The zero-order valence-electron chi connectivity index (χ0n) is 13.8. The average molecular weight is 328 g/mol. The normalized spacial score (nSPS) is 14.5. The molecule has 0 bridgehead atoms. The first kappa shape index (κ1) is 16.2. The number of nitrogens with one attached hydrogen (secondary N) is 1. The van der Waals surface area contributed by atoms with Crippen LogP contribution in [0.2, 0.25) is 0 Å². The number of hydrogen-bond donors (Lipinski definition) is 1.